The highest BCUT2D eigenvalue weighted by atomic mass is 32.2. The first-order valence-corrected chi connectivity index (χ1v) is 10.6. The number of fused-ring (bicyclic) bond motifs is 1. The van der Waals surface area contributed by atoms with Gasteiger partial charge in [-0.15, -0.1) is 0 Å². The standard InChI is InChI=1S/C20H19F3N2O3S/c1-13-8-9-15(11-16(13)20(21,22)23)29(26,27)25-10-4-5-14(12-25)19-24-17-6-2-3-7-18(17)28-19/h2-3,6-9,11,14H,4-5,10,12H2,1H3. The van der Waals surface area contributed by atoms with E-state index in [0.29, 0.717) is 35.9 Å². The minimum Gasteiger partial charge on any atom is -0.440 e. The van der Waals surface area contributed by atoms with Gasteiger partial charge >= 0.3 is 6.18 Å². The molecular weight excluding hydrogens is 405 g/mol. The highest BCUT2D eigenvalue weighted by Crippen LogP contribution is 2.35. The Kier molecular flexibility index (Phi) is 4.90. The topological polar surface area (TPSA) is 63.4 Å². The second-order valence-electron chi connectivity index (χ2n) is 7.20. The first kappa shape index (κ1) is 19.9. The summed E-state index contributed by atoms with van der Waals surface area (Å²) in [4.78, 5) is 4.09. The summed E-state index contributed by atoms with van der Waals surface area (Å²) >= 11 is 0. The number of hydrogen-bond donors (Lipinski definition) is 0. The molecule has 0 radical (unpaired) electrons. The lowest BCUT2D eigenvalue weighted by atomic mass is 10.00. The zero-order valence-electron chi connectivity index (χ0n) is 15.6. The molecule has 154 valence electrons. The lowest BCUT2D eigenvalue weighted by molar-refractivity contribution is -0.138. The number of aromatic nitrogens is 1. The number of sulfonamides is 1. The molecule has 1 aromatic heterocycles. The SMILES string of the molecule is Cc1ccc(S(=O)(=O)N2CCCC(c3nc4ccccc4o3)C2)cc1C(F)(F)F. The predicted octanol–water partition coefficient (Wildman–Crippen LogP) is 4.72. The van der Waals surface area contributed by atoms with Crippen LogP contribution in [-0.2, 0) is 16.2 Å². The summed E-state index contributed by atoms with van der Waals surface area (Å²) in [6.45, 7) is 1.67. The summed E-state index contributed by atoms with van der Waals surface area (Å²) in [7, 11) is -4.07. The molecule has 0 saturated carbocycles. The average molecular weight is 424 g/mol. The number of hydrogen-bond acceptors (Lipinski definition) is 4. The van der Waals surface area contributed by atoms with Gasteiger partial charge in [-0.1, -0.05) is 18.2 Å². The molecule has 0 aliphatic carbocycles. The van der Waals surface area contributed by atoms with E-state index >= 15 is 0 Å². The number of para-hydroxylation sites is 2. The monoisotopic (exact) mass is 424 g/mol. The van der Waals surface area contributed by atoms with Gasteiger partial charge in [0, 0.05) is 19.0 Å². The van der Waals surface area contributed by atoms with Gasteiger partial charge in [-0.25, -0.2) is 13.4 Å². The van der Waals surface area contributed by atoms with E-state index in [1.165, 1.54) is 23.4 Å². The number of benzene rings is 2. The van der Waals surface area contributed by atoms with Gasteiger partial charge in [0.05, 0.1) is 10.5 Å². The Bertz CT molecular complexity index is 1120. The summed E-state index contributed by atoms with van der Waals surface area (Å²) in [6.07, 6.45) is -3.35. The van der Waals surface area contributed by atoms with Crippen LogP contribution in [0.3, 0.4) is 0 Å². The molecule has 0 bridgehead atoms. The van der Waals surface area contributed by atoms with Crippen LogP contribution >= 0.6 is 0 Å². The van der Waals surface area contributed by atoms with Gasteiger partial charge in [0.2, 0.25) is 10.0 Å². The number of rotatable bonds is 3. The molecule has 1 aliphatic rings. The molecule has 9 heteroatoms. The Morgan fingerprint density at radius 2 is 1.93 bits per heavy atom. The lowest BCUT2D eigenvalue weighted by Crippen LogP contribution is -2.39. The molecule has 1 fully saturated rings. The fourth-order valence-corrected chi connectivity index (χ4v) is 5.19. The molecule has 1 atom stereocenters. The fourth-order valence-electron chi connectivity index (χ4n) is 3.64. The van der Waals surface area contributed by atoms with Gasteiger partial charge in [-0.2, -0.15) is 17.5 Å². The van der Waals surface area contributed by atoms with E-state index in [1.807, 2.05) is 18.2 Å². The molecule has 2 heterocycles. The van der Waals surface area contributed by atoms with Crippen molar-refractivity contribution in [3.8, 4) is 0 Å². The van der Waals surface area contributed by atoms with E-state index in [1.54, 1.807) is 6.07 Å². The third-order valence-electron chi connectivity index (χ3n) is 5.20. The minimum absolute atomic E-state index is 0.0144. The van der Waals surface area contributed by atoms with Crippen LogP contribution in [0.5, 0.6) is 0 Å². The first-order valence-electron chi connectivity index (χ1n) is 9.20. The van der Waals surface area contributed by atoms with Gasteiger partial charge in [-0.05, 0) is 49.6 Å². The quantitative estimate of drug-likeness (QED) is 0.610. The molecule has 4 rings (SSSR count). The molecule has 5 nitrogen and oxygen atoms in total. The first-order chi connectivity index (χ1) is 13.7. The van der Waals surface area contributed by atoms with Crippen molar-refractivity contribution in [3.63, 3.8) is 0 Å². The molecule has 1 unspecified atom stereocenters. The van der Waals surface area contributed by atoms with E-state index in [-0.39, 0.29) is 29.5 Å². The smallest absolute Gasteiger partial charge is 0.416 e. The third kappa shape index (κ3) is 3.76. The molecular formula is C20H19F3N2O3S. The van der Waals surface area contributed by atoms with Gasteiger partial charge < -0.3 is 4.42 Å². The van der Waals surface area contributed by atoms with Crippen molar-refractivity contribution in [1.82, 2.24) is 9.29 Å². The van der Waals surface area contributed by atoms with Crippen molar-refractivity contribution in [2.24, 2.45) is 0 Å². The van der Waals surface area contributed by atoms with Crippen molar-refractivity contribution < 1.29 is 26.0 Å². The van der Waals surface area contributed by atoms with Crippen molar-refractivity contribution in [3.05, 3.63) is 59.5 Å². The Labute approximate surface area is 166 Å². The van der Waals surface area contributed by atoms with Crippen LogP contribution < -0.4 is 0 Å². The molecule has 0 spiro atoms. The number of aryl methyl sites for hydroxylation is 1. The largest absolute Gasteiger partial charge is 0.440 e. The number of oxazole rings is 1. The van der Waals surface area contributed by atoms with E-state index < -0.39 is 21.8 Å². The van der Waals surface area contributed by atoms with Crippen LogP contribution in [0, 0.1) is 6.92 Å². The predicted molar refractivity (Wildman–Crippen MR) is 101 cm³/mol. The summed E-state index contributed by atoms with van der Waals surface area (Å²) < 4.78 is 72.7. The van der Waals surface area contributed by atoms with Crippen LogP contribution in [0.4, 0.5) is 13.2 Å². The van der Waals surface area contributed by atoms with Crippen LogP contribution in [-0.4, -0.2) is 30.8 Å². The molecule has 1 saturated heterocycles. The molecule has 1 aliphatic heterocycles. The Morgan fingerprint density at radius 3 is 2.66 bits per heavy atom. The van der Waals surface area contributed by atoms with Gasteiger partial charge in [-0.3, -0.25) is 0 Å². The second kappa shape index (κ2) is 7.14. The van der Waals surface area contributed by atoms with E-state index in [9.17, 15) is 21.6 Å². The Morgan fingerprint density at radius 1 is 1.17 bits per heavy atom. The van der Waals surface area contributed by atoms with E-state index in [2.05, 4.69) is 4.98 Å². The normalized spacial score (nSPS) is 19.0. The lowest BCUT2D eigenvalue weighted by Gasteiger charge is -2.30. The van der Waals surface area contributed by atoms with Crippen molar-refractivity contribution in [2.75, 3.05) is 13.1 Å². The average Bonchev–Trinajstić information content (AvgIpc) is 3.11. The summed E-state index contributed by atoms with van der Waals surface area (Å²) in [5.41, 5.74) is 0.359. The molecule has 0 amide bonds. The molecule has 0 N–H and O–H groups in total. The van der Waals surface area contributed by atoms with Gasteiger partial charge in [0.1, 0.15) is 5.52 Å². The maximum atomic E-state index is 13.2. The zero-order chi connectivity index (χ0) is 20.8. The molecule has 29 heavy (non-hydrogen) atoms. The molecule has 2 aromatic carbocycles. The highest BCUT2D eigenvalue weighted by Gasteiger charge is 2.36. The molecule has 3 aromatic rings. The maximum absolute atomic E-state index is 13.2. The van der Waals surface area contributed by atoms with Crippen LogP contribution in [0.25, 0.3) is 11.1 Å². The van der Waals surface area contributed by atoms with Crippen LogP contribution in [0.15, 0.2) is 51.8 Å². The minimum atomic E-state index is -4.61. The Hall–Kier alpha value is -2.39. The van der Waals surface area contributed by atoms with E-state index in [0.717, 1.165) is 0 Å². The zero-order valence-corrected chi connectivity index (χ0v) is 16.4. The van der Waals surface area contributed by atoms with Gasteiger partial charge in [0.15, 0.2) is 11.5 Å². The van der Waals surface area contributed by atoms with Crippen LogP contribution in [0.1, 0.15) is 35.8 Å². The third-order valence-corrected chi connectivity index (χ3v) is 7.06. The number of nitrogens with zero attached hydrogens (tertiary/aromatic N) is 2. The maximum Gasteiger partial charge on any atom is 0.416 e. The number of halogens is 3. The van der Waals surface area contributed by atoms with Crippen molar-refractivity contribution in [1.29, 1.82) is 0 Å². The summed E-state index contributed by atoms with van der Waals surface area (Å²) in [5, 5.41) is 0. The number of piperidine rings is 1. The second-order valence-corrected chi connectivity index (χ2v) is 9.13. The van der Waals surface area contributed by atoms with Crippen molar-refractivity contribution >= 4 is 21.1 Å². The van der Waals surface area contributed by atoms with Gasteiger partial charge in [0.25, 0.3) is 0 Å². The van der Waals surface area contributed by atoms with Crippen LogP contribution in [0.2, 0.25) is 0 Å². The summed E-state index contributed by atoms with van der Waals surface area (Å²) in [6, 6.07) is 10.4. The fraction of sp³-hybridized carbons (Fsp3) is 0.350. The summed E-state index contributed by atoms with van der Waals surface area (Å²) in [5.74, 6) is 0.199. The van der Waals surface area contributed by atoms with Crippen molar-refractivity contribution in [2.45, 2.75) is 36.8 Å². The van der Waals surface area contributed by atoms with E-state index in [4.69, 9.17) is 4.42 Å². The Balaban J connectivity index is 1.63. The highest BCUT2D eigenvalue weighted by molar-refractivity contribution is 7.89. The number of alkyl halides is 3.